The zero-order valence-electron chi connectivity index (χ0n) is 16.6. The van der Waals surface area contributed by atoms with Crippen LogP contribution >= 0.6 is 0 Å². The Morgan fingerprint density at radius 1 is 1.23 bits per heavy atom. The summed E-state index contributed by atoms with van der Waals surface area (Å²) in [5.74, 6) is 1.24. The first-order valence-corrected chi connectivity index (χ1v) is 9.17. The number of aromatic nitrogens is 2. The summed E-state index contributed by atoms with van der Waals surface area (Å²) in [6, 6.07) is 8.13. The average molecular weight is 361 g/mol. The Bertz CT molecular complexity index is 640. The van der Waals surface area contributed by atoms with Crippen molar-refractivity contribution in [3.8, 4) is 17.0 Å². The number of H-pyrrole nitrogens is 1. The van der Waals surface area contributed by atoms with E-state index in [2.05, 4.69) is 53.4 Å². The summed E-state index contributed by atoms with van der Waals surface area (Å²) in [4.78, 5) is 2.28. The number of hydrogen-bond donors (Lipinski definition) is 2. The number of hydrogen-bond acceptors (Lipinski definition) is 5. The normalized spacial score (nSPS) is 12.7. The Balaban J connectivity index is 2.05. The second-order valence-electron chi connectivity index (χ2n) is 6.98. The molecule has 6 nitrogen and oxygen atoms in total. The monoisotopic (exact) mass is 360 g/mol. The van der Waals surface area contributed by atoms with Gasteiger partial charge in [-0.1, -0.05) is 13.8 Å². The van der Waals surface area contributed by atoms with Gasteiger partial charge in [0.15, 0.2) is 0 Å². The maximum Gasteiger partial charge on any atom is 0.124 e. The molecule has 1 aromatic heterocycles. The van der Waals surface area contributed by atoms with Crippen LogP contribution < -0.4 is 10.1 Å². The third-order valence-electron chi connectivity index (χ3n) is 4.39. The highest BCUT2D eigenvalue weighted by Gasteiger charge is 2.16. The van der Waals surface area contributed by atoms with Crippen LogP contribution in [0.25, 0.3) is 11.3 Å². The van der Waals surface area contributed by atoms with Crippen LogP contribution in [0.2, 0.25) is 0 Å². The van der Waals surface area contributed by atoms with Gasteiger partial charge in [-0.25, -0.2) is 0 Å². The third kappa shape index (κ3) is 5.83. The molecule has 1 atom stereocenters. The van der Waals surface area contributed by atoms with Crippen molar-refractivity contribution in [1.82, 2.24) is 20.4 Å². The topological polar surface area (TPSA) is 62.4 Å². The van der Waals surface area contributed by atoms with E-state index < -0.39 is 0 Å². The van der Waals surface area contributed by atoms with Crippen molar-refractivity contribution in [1.29, 1.82) is 0 Å². The van der Waals surface area contributed by atoms with E-state index in [1.54, 1.807) is 7.11 Å². The lowest BCUT2D eigenvalue weighted by atomic mass is 10.1. The predicted molar refractivity (Wildman–Crippen MR) is 105 cm³/mol. The van der Waals surface area contributed by atoms with Gasteiger partial charge in [0.2, 0.25) is 0 Å². The largest absolute Gasteiger partial charge is 0.488 e. The SMILES string of the molecule is CNCCN(C)Cc1c[nH]nc1-c1ccc(OC(COC)C(C)C)cc1. The van der Waals surface area contributed by atoms with Gasteiger partial charge in [-0.3, -0.25) is 5.10 Å². The summed E-state index contributed by atoms with van der Waals surface area (Å²) in [6.07, 6.45) is 2.02. The first-order valence-electron chi connectivity index (χ1n) is 9.17. The Kier molecular flexibility index (Phi) is 8.09. The van der Waals surface area contributed by atoms with Crippen LogP contribution in [0.4, 0.5) is 0 Å². The number of methoxy groups -OCH3 is 1. The molecule has 6 heteroatoms. The maximum atomic E-state index is 6.06. The summed E-state index contributed by atoms with van der Waals surface area (Å²) < 4.78 is 11.3. The summed E-state index contributed by atoms with van der Waals surface area (Å²) in [5, 5.41) is 10.6. The number of nitrogens with zero attached hydrogens (tertiary/aromatic N) is 2. The lowest BCUT2D eigenvalue weighted by Gasteiger charge is -2.22. The quantitative estimate of drug-likeness (QED) is 0.645. The summed E-state index contributed by atoms with van der Waals surface area (Å²) in [5.41, 5.74) is 3.27. The van der Waals surface area contributed by atoms with Crippen LogP contribution in [0.5, 0.6) is 5.75 Å². The van der Waals surface area contributed by atoms with Crippen molar-refractivity contribution in [3.63, 3.8) is 0 Å². The molecule has 144 valence electrons. The first kappa shape index (κ1) is 20.4. The first-order chi connectivity index (χ1) is 12.5. The summed E-state index contributed by atoms with van der Waals surface area (Å²) >= 11 is 0. The van der Waals surface area contributed by atoms with E-state index in [0.717, 1.165) is 36.6 Å². The molecule has 0 radical (unpaired) electrons. The molecule has 0 amide bonds. The fourth-order valence-corrected chi connectivity index (χ4v) is 2.75. The number of benzene rings is 1. The number of likely N-dealkylation sites (N-methyl/N-ethyl adjacent to an activating group) is 2. The number of ether oxygens (including phenoxy) is 2. The molecular weight excluding hydrogens is 328 g/mol. The van der Waals surface area contributed by atoms with Gasteiger partial charge in [0.1, 0.15) is 11.9 Å². The Morgan fingerprint density at radius 3 is 2.58 bits per heavy atom. The average Bonchev–Trinajstić information content (AvgIpc) is 3.08. The molecule has 2 rings (SSSR count). The van der Waals surface area contributed by atoms with Crippen LogP contribution in [-0.2, 0) is 11.3 Å². The molecule has 1 aromatic carbocycles. The van der Waals surface area contributed by atoms with Gasteiger partial charge >= 0.3 is 0 Å². The van der Waals surface area contributed by atoms with E-state index in [0.29, 0.717) is 12.5 Å². The van der Waals surface area contributed by atoms with Crippen molar-refractivity contribution in [2.75, 3.05) is 40.9 Å². The van der Waals surface area contributed by atoms with E-state index in [1.807, 2.05) is 25.4 Å². The van der Waals surface area contributed by atoms with E-state index in [9.17, 15) is 0 Å². The molecule has 0 fully saturated rings. The van der Waals surface area contributed by atoms with Gasteiger partial charge in [0.05, 0.1) is 12.3 Å². The van der Waals surface area contributed by atoms with E-state index >= 15 is 0 Å². The second-order valence-corrected chi connectivity index (χ2v) is 6.98. The molecule has 0 aliphatic heterocycles. The molecule has 0 saturated heterocycles. The van der Waals surface area contributed by atoms with Gasteiger partial charge in [-0.2, -0.15) is 5.10 Å². The smallest absolute Gasteiger partial charge is 0.124 e. The van der Waals surface area contributed by atoms with Crippen LogP contribution in [-0.4, -0.2) is 62.1 Å². The lowest BCUT2D eigenvalue weighted by Crippen LogP contribution is -2.28. The molecule has 0 aliphatic rings. The fourth-order valence-electron chi connectivity index (χ4n) is 2.75. The van der Waals surface area contributed by atoms with Gasteiger partial charge < -0.3 is 19.7 Å². The molecule has 1 unspecified atom stereocenters. The molecule has 26 heavy (non-hydrogen) atoms. The molecule has 0 aliphatic carbocycles. The highest BCUT2D eigenvalue weighted by atomic mass is 16.5. The third-order valence-corrected chi connectivity index (χ3v) is 4.39. The van der Waals surface area contributed by atoms with Crippen molar-refractivity contribution >= 4 is 0 Å². The summed E-state index contributed by atoms with van der Waals surface area (Å²) in [7, 11) is 5.79. The standard InChI is InChI=1S/C20H32N4O2/c1-15(2)19(14-25-5)26-18-8-6-16(7-9-18)20-17(12-22-23-20)13-24(4)11-10-21-3/h6-9,12,15,19,21H,10-11,13-14H2,1-5H3,(H,22,23). The molecule has 2 N–H and O–H groups in total. The fraction of sp³-hybridized carbons (Fsp3) is 0.550. The van der Waals surface area contributed by atoms with Crippen LogP contribution in [0, 0.1) is 5.92 Å². The highest BCUT2D eigenvalue weighted by Crippen LogP contribution is 2.25. The van der Waals surface area contributed by atoms with E-state index in [4.69, 9.17) is 9.47 Å². The second kappa shape index (κ2) is 10.3. The molecule has 0 saturated carbocycles. The van der Waals surface area contributed by atoms with Gasteiger partial charge in [0.25, 0.3) is 0 Å². The van der Waals surface area contributed by atoms with Crippen molar-refractivity contribution in [3.05, 3.63) is 36.0 Å². The lowest BCUT2D eigenvalue weighted by molar-refractivity contribution is 0.0530. The Morgan fingerprint density at radius 2 is 1.96 bits per heavy atom. The Hall–Kier alpha value is -1.89. The van der Waals surface area contributed by atoms with Gasteiger partial charge in [-0.15, -0.1) is 0 Å². The summed E-state index contributed by atoms with van der Waals surface area (Å²) in [6.45, 7) is 7.67. The minimum atomic E-state index is 0.0487. The zero-order chi connectivity index (χ0) is 18.9. The zero-order valence-corrected chi connectivity index (χ0v) is 16.6. The molecule has 0 bridgehead atoms. The number of aromatic amines is 1. The minimum Gasteiger partial charge on any atom is -0.488 e. The van der Waals surface area contributed by atoms with Crippen LogP contribution in [0.1, 0.15) is 19.4 Å². The van der Waals surface area contributed by atoms with Gasteiger partial charge in [-0.05, 0) is 44.3 Å². The van der Waals surface area contributed by atoms with E-state index in [-0.39, 0.29) is 6.10 Å². The molecule has 2 aromatic rings. The number of nitrogens with one attached hydrogen (secondary N) is 2. The minimum absolute atomic E-state index is 0.0487. The highest BCUT2D eigenvalue weighted by molar-refractivity contribution is 5.63. The van der Waals surface area contributed by atoms with E-state index in [1.165, 1.54) is 5.56 Å². The molecular formula is C20H32N4O2. The van der Waals surface area contributed by atoms with Crippen molar-refractivity contribution < 1.29 is 9.47 Å². The van der Waals surface area contributed by atoms with Crippen LogP contribution in [0.15, 0.2) is 30.5 Å². The maximum absolute atomic E-state index is 6.06. The molecule has 1 heterocycles. The Labute approximate surface area is 156 Å². The molecule has 0 spiro atoms. The predicted octanol–water partition coefficient (Wildman–Crippen LogP) is 2.78. The van der Waals surface area contributed by atoms with Crippen LogP contribution in [0.3, 0.4) is 0 Å². The van der Waals surface area contributed by atoms with Gasteiger partial charge in [0, 0.05) is 44.1 Å². The van der Waals surface area contributed by atoms with Crippen molar-refractivity contribution in [2.45, 2.75) is 26.5 Å². The number of rotatable bonds is 11. The van der Waals surface area contributed by atoms with Crippen molar-refractivity contribution in [2.24, 2.45) is 5.92 Å².